The number of ether oxygens (including phenoxy) is 1. The number of hydrogen-bond acceptors (Lipinski definition) is 5. The zero-order valence-electron chi connectivity index (χ0n) is 11.5. The summed E-state index contributed by atoms with van der Waals surface area (Å²) < 4.78 is 4.87. The number of β-lactam (4-membered cyclic amide) rings is 1. The van der Waals surface area contributed by atoms with E-state index in [0.29, 0.717) is 5.57 Å². The number of nitrogens with zero attached hydrogens (tertiary/aromatic N) is 1. The van der Waals surface area contributed by atoms with E-state index in [1.807, 2.05) is 0 Å². The van der Waals surface area contributed by atoms with Crippen LogP contribution < -0.4 is 0 Å². The zero-order chi connectivity index (χ0) is 15.2. The molecule has 0 spiro atoms. The van der Waals surface area contributed by atoms with Gasteiger partial charge in [-0.3, -0.25) is 9.59 Å². The highest BCUT2D eigenvalue weighted by Crippen LogP contribution is 2.47. The quantitative estimate of drug-likeness (QED) is 0.544. The van der Waals surface area contributed by atoms with Gasteiger partial charge in [0.15, 0.2) is 0 Å². The Balaban J connectivity index is 2.32. The first-order valence-electron chi connectivity index (χ1n) is 6.38. The minimum Gasteiger partial charge on any atom is -0.477 e. The fraction of sp³-hybridized carbons (Fsp3) is 0.615. The van der Waals surface area contributed by atoms with Crippen molar-refractivity contribution in [3.8, 4) is 0 Å². The molecule has 0 radical (unpaired) electrons. The Morgan fingerprint density at radius 1 is 1.45 bits per heavy atom. The Labute approximate surface area is 115 Å². The highest BCUT2D eigenvalue weighted by molar-refractivity contribution is 6.00. The van der Waals surface area contributed by atoms with Crippen LogP contribution in [0.15, 0.2) is 11.3 Å². The maximum absolute atomic E-state index is 12.0. The summed E-state index contributed by atoms with van der Waals surface area (Å²) in [6.07, 6.45) is -0.839. The van der Waals surface area contributed by atoms with Crippen LogP contribution in [0.25, 0.3) is 0 Å². The lowest BCUT2D eigenvalue weighted by Gasteiger charge is -2.46. The van der Waals surface area contributed by atoms with Gasteiger partial charge >= 0.3 is 11.9 Å². The molecule has 4 atom stereocenters. The van der Waals surface area contributed by atoms with E-state index in [2.05, 4.69) is 0 Å². The number of carbonyl (C=O) groups excluding carboxylic acids is 2. The Bertz CT molecular complexity index is 509. The van der Waals surface area contributed by atoms with Crippen molar-refractivity contribution >= 4 is 17.8 Å². The first kappa shape index (κ1) is 14.5. The highest BCUT2D eigenvalue weighted by atomic mass is 16.5. The van der Waals surface area contributed by atoms with Crippen LogP contribution in [0.4, 0.5) is 0 Å². The average molecular weight is 283 g/mol. The van der Waals surface area contributed by atoms with Crippen molar-refractivity contribution in [1.82, 2.24) is 4.90 Å². The summed E-state index contributed by atoms with van der Waals surface area (Å²) in [5, 5.41) is 18.9. The molecule has 0 aromatic rings. The van der Waals surface area contributed by atoms with E-state index in [0.717, 1.165) is 0 Å². The number of aliphatic hydroxyl groups excluding tert-OH is 1. The maximum Gasteiger partial charge on any atom is 0.352 e. The lowest BCUT2D eigenvalue weighted by atomic mass is 9.78. The Morgan fingerprint density at radius 3 is 2.50 bits per heavy atom. The van der Waals surface area contributed by atoms with Gasteiger partial charge in [0, 0.05) is 18.4 Å². The van der Waals surface area contributed by atoms with E-state index in [9.17, 15) is 24.6 Å². The predicted octanol–water partition coefficient (Wildman–Crippen LogP) is -0.254. The normalized spacial score (nSPS) is 29.9. The van der Waals surface area contributed by atoms with Gasteiger partial charge in [0.05, 0.1) is 18.1 Å². The van der Waals surface area contributed by atoms with E-state index in [1.54, 1.807) is 6.92 Å². The predicted molar refractivity (Wildman–Crippen MR) is 66.3 cm³/mol. The van der Waals surface area contributed by atoms with Crippen LogP contribution in [0.1, 0.15) is 20.8 Å². The number of esters is 1. The number of aliphatic hydroxyl groups is 1. The summed E-state index contributed by atoms with van der Waals surface area (Å²) in [7, 11) is 0. The van der Waals surface area contributed by atoms with Crippen LogP contribution >= 0.6 is 0 Å². The molecule has 2 N–H and O–H groups in total. The van der Waals surface area contributed by atoms with E-state index in [1.165, 1.54) is 18.7 Å². The molecule has 1 saturated heterocycles. The first-order valence-corrected chi connectivity index (χ1v) is 6.38. The molecule has 0 aromatic heterocycles. The van der Waals surface area contributed by atoms with E-state index in [-0.39, 0.29) is 24.3 Å². The lowest BCUT2D eigenvalue weighted by molar-refractivity contribution is -0.163. The third kappa shape index (κ3) is 1.98. The summed E-state index contributed by atoms with van der Waals surface area (Å²) in [4.78, 5) is 35.4. The van der Waals surface area contributed by atoms with Gasteiger partial charge < -0.3 is 19.8 Å². The molecule has 1 unspecified atom stereocenters. The topological polar surface area (TPSA) is 104 Å². The zero-order valence-corrected chi connectivity index (χ0v) is 11.5. The lowest BCUT2D eigenvalue weighted by Crippen LogP contribution is -2.63. The van der Waals surface area contributed by atoms with Gasteiger partial charge in [-0.15, -0.1) is 0 Å². The second-order valence-corrected chi connectivity index (χ2v) is 5.21. The molecule has 2 aliphatic rings. The van der Waals surface area contributed by atoms with E-state index >= 15 is 0 Å². The van der Waals surface area contributed by atoms with Gasteiger partial charge in [0.25, 0.3) is 0 Å². The van der Waals surface area contributed by atoms with Crippen LogP contribution in [0, 0.1) is 11.8 Å². The van der Waals surface area contributed by atoms with Crippen LogP contribution in [0.5, 0.6) is 0 Å². The van der Waals surface area contributed by atoms with Gasteiger partial charge in [-0.25, -0.2) is 4.79 Å². The minimum atomic E-state index is -1.22. The molecule has 2 heterocycles. The van der Waals surface area contributed by atoms with Crippen LogP contribution in [0.2, 0.25) is 0 Å². The molecule has 7 heteroatoms. The van der Waals surface area contributed by atoms with Crippen LogP contribution in [-0.4, -0.2) is 51.7 Å². The number of carboxylic acids is 1. The van der Waals surface area contributed by atoms with Crippen molar-refractivity contribution in [2.75, 3.05) is 6.61 Å². The third-order valence-corrected chi connectivity index (χ3v) is 3.95. The summed E-state index contributed by atoms with van der Waals surface area (Å²) >= 11 is 0. The van der Waals surface area contributed by atoms with Gasteiger partial charge in [0.1, 0.15) is 12.3 Å². The Morgan fingerprint density at radius 2 is 2.05 bits per heavy atom. The van der Waals surface area contributed by atoms with Crippen molar-refractivity contribution in [2.24, 2.45) is 11.8 Å². The standard InChI is InChI=1S/C13H17NO6/c1-5-8(4-20-7(3)16)11(13(18)19)14-10(5)9(6(2)15)12(14)17/h5-6,9-10,15H,4H2,1-3H3,(H,18,19)/t5-,6+,9+,10?/m0/s1. The summed E-state index contributed by atoms with van der Waals surface area (Å²) in [6, 6.07) is -0.376. The molecule has 0 saturated carbocycles. The fourth-order valence-corrected chi connectivity index (χ4v) is 3.01. The molecule has 1 fully saturated rings. The van der Waals surface area contributed by atoms with Crippen molar-refractivity contribution in [2.45, 2.75) is 32.9 Å². The van der Waals surface area contributed by atoms with Gasteiger partial charge in [0.2, 0.25) is 5.91 Å². The van der Waals surface area contributed by atoms with Gasteiger partial charge in [-0.1, -0.05) is 6.92 Å². The van der Waals surface area contributed by atoms with Crippen molar-refractivity contribution < 1.29 is 29.3 Å². The minimum absolute atomic E-state index is 0.120. The molecule has 0 aromatic carbocycles. The maximum atomic E-state index is 12.0. The molecular formula is C13H17NO6. The van der Waals surface area contributed by atoms with Gasteiger partial charge in [-0.2, -0.15) is 0 Å². The van der Waals surface area contributed by atoms with Crippen LogP contribution in [-0.2, 0) is 19.1 Å². The largest absolute Gasteiger partial charge is 0.477 e. The Hall–Kier alpha value is -1.89. The molecule has 110 valence electrons. The number of hydrogen-bond donors (Lipinski definition) is 2. The average Bonchev–Trinajstić information content (AvgIpc) is 2.56. The van der Waals surface area contributed by atoms with Crippen molar-refractivity contribution in [3.63, 3.8) is 0 Å². The molecule has 0 bridgehead atoms. The van der Waals surface area contributed by atoms with Crippen molar-refractivity contribution in [1.29, 1.82) is 0 Å². The number of carboxylic acid groups (broad SMARTS) is 1. The smallest absolute Gasteiger partial charge is 0.352 e. The molecular weight excluding hydrogens is 266 g/mol. The summed E-state index contributed by atoms with van der Waals surface area (Å²) in [5.74, 6) is -3.00. The monoisotopic (exact) mass is 283 g/mol. The molecule has 2 rings (SSSR count). The fourth-order valence-electron chi connectivity index (χ4n) is 3.01. The van der Waals surface area contributed by atoms with Crippen LogP contribution in [0.3, 0.4) is 0 Å². The van der Waals surface area contributed by atoms with E-state index < -0.39 is 29.9 Å². The number of aliphatic carboxylic acids is 1. The summed E-state index contributed by atoms with van der Waals surface area (Å²) in [6.45, 7) is 4.37. The number of rotatable bonds is 4. The van der Waals surface area contributed by atoms with E-state index in [4.69, 9.17) is 4.74 Å². The molecule has 7 nitrogen and oxygen atoms in total. The molecule has 0 aliphatic carbocycles. The highest BCUT2D eigenvalue weighted by Gasteiger charge is 2.59. The first-order chi connectivity index (χ1) is 9.27. The number of fused-ring (bicyclic) bond motifs is 1. The Kier molecular flexibility index (Phi) is 3.56. The third-order valence-electron chi connectivity index (χ3n) is 3.95. The second-order valence-electron chi connectivity index (χ2n) is 5.21. The van der Waals surface area contributed by atoms with Gasteiger partial charge in [-0.05, 0) is 6.92 Å². The number of amides is 1. The summed E-state index contributed by atoms with van der Waals surface area (Å²) in [5.41, 5.74) is 0.292. The molecule has 1 amide bonds. The van der Waals surface area contributed by atoms with Crippen molar-refractivity contribution in [3.05, 3.63) is 11.3 Å². The molecule has 20 heavy (non-hydrogen) atoms. The number of carbonyl (C=O) groups is 3. The molecule has 2 aliphatic heterocycles. The second kappa shape index (κ2) is 4.90. The SMILES string of the molecule is CC(=O)OCC1=C(C(=O)O)N2C(=O)[C@H]([C@@H](C)O)C2[C@H]1C.